The zero-order valence-electron chi connectivity index (χ0n) is 10.7. The van der Waals surface area contributed by atoms with Gasteiger partial charge in [-0.3, -0.25) is 10.1 Å². The van der Waals surface area contributed by atoms with Crippen molar-refractivity contribution in [2.75, 3.05) is 6.54 Å². The summed E-state index contributed by atoms with van der Waals surface area (Å²) in [6, 6.07) is 6.27. The second kappa shape index (κ2) is 6.97. The number of rotatable bonds is 4. The lowest BCUT2D eigenvalue weighted by molar-refractivity contribution is -0.123. The van der Waals surface area contributed by atoms with Gasteiger partial charge in [-0.05, 0) is 11.1 Å². The molecule has 1 atom stereocenters. The Kier molecular flexibility index (Phi) is 5.86. The number of amides is 1. The topological polar surface area (TPSA) is 61.4 Å². The van der Waals surface area contributed by atoms with Crippen molar-refractivity contribution in [1.82, 2.24) is 10.6 Å². The van der Waals surface area contributed by atoms with Crippen molar-refractivity contribution in [3.63, 3.8) is 0 Å². The number of aliphatic hydroxyl groups excluding tert-OH is 1. The molecule has 112 valence electrons. The van der Waals surface area contributed by atoms with Gasteiger partial charge in [0.1, 0.15) is 0 Å². The molecule has 1 aromatic carbocycles. The number of halogens is 3. The highest BCUT2D eigenvalue weighted by molar-refractivity contribution is 5.85. The summed E-state index contributed by atoms with van der Waals surface area (Å²) < 4.78 is 25.9. The number of hydrogen-bond acceptors (Lipinski definition) is 3. The first-order valence-electron chi connectivity index (χ1n) is 6.08. The summed E-state index contributed by atoms with van der Waals surface area (Å²) in [5.74, 6) is -3.23. The van der Waals surface area contributed by atoms with Crippen molar-refractivity contribution in [2.24, 2.45) is 0 Å². The highest BCUT2D eigenvalue weighted by Gasteiger charge is 2.42. The Bertz CT molecular complexity index is 471. The fourth-order valence-electron chi connectivity index (χ4n) is 2.05. The summed E-state index contributed by atoms with van der Waals surface area (Å²) in [4.78, 5) is 11.7. The lowest BCUT2D eigenvalue weighted by atomic mass is 10.1. The molecule has 0 bridgehead atoms. The van der Waals surface area contributed by atoms with Gasteiger partial charge in [-0.25, -0.2) is 8.78 Å². The van der Waals surface area contributed by atoms with E-state index in [-0.39, 0.29) is 25.6 Å². The van der Waals surface area contributed by atoms with Gasteiger partial charge in [-0.2, -0.15) is 0 Å². The van der Waals surface area contributed by atoms with Crippen molar-refractivity contribution >= 4 is 18.3 Å². The Balaban J connectivity index is 0.00000200. The minimum atomic E-state index is -2.81. The molecule has 1 aliphatic rings. The van der Waals surface area contributed by atoms with Crippen LogP contribution in [0.15, 0.2) is 24.3 Å². The third kappa shape index (κ3) is 4.40. The van der Waals surface area contributed by atoms with Crippen molar-refractivity contribution in [1.29, 1.82) is 0 Å². The third-order valence-corrected chi connectivity index (χ3v) is 3.07. The summed E-state index contributed by atoms with van der Waals surface area (Å²) in [6.07, 6.45) is -0.463. The molecule has 20 heavy (non-hydrogen) atoms. The number of hydrogen-bond donors (Lipinski definition) is 3. The van der Waals surface area contributed by atoms with Crippen LogP contribution >= 0.6 is 12.4 Å². The lowest BCUT2D eigenvalue weighted by Gasteiger charge is -2.11. The molecule has 1 saturated heterocycles. The number of aliphatic hydroxyl groups is 1. The van der Waals surface area contributed by atoms with E-state index < -0.39 is 30.8 Å². The van der Waals surface area contributed by atoms with Crippen LogP contribution in [0.5, 0.6) is 0 Å². The number of carbonyl (C=O) groups excluding carboxylic acids is 1. The van der Waals surface area contributed by atoms with Crippen LogP contribution in [0.3, 0.4) is 0 Å². The van der Waals surface area contributed by atoms with Gasteiger partial charge in [0.25, 0.3) is 5.92 Å². The first-order chi connectivity index (χ1) is 9.00. The van der Waals surface area contributed by atoms with Gasteiger partial charge < -0.3 is 10.4 Å². The maximum Gasteiger partial charge on any atom is 0.262 e. The number of nitrogens with one attached hydrogen (secondary N) is 2. The highest BCUT2D eigenvalue weighted by Crippen LogP contribution is 2.25. The van der Waals surface area contributed by atoms with Crippen molar-refractivity contribution < 1.29 is 18.7 Å². The summed E-state index contributed by atoms with van der Waals surface area (Å²) in [5, 5.41) is 14.1. The first kappa shape index (κ1) is 16.8. The Morgan fingerprint density at radius 1 is 1.45 bits per heavy atom. The standard InChI is InChI=1S/C13H16F2N2O2.ClH/c14-13(15)5-11(17-8-13)12(19)16-6-9-2-1-3-10(4-9)7-18;/h1-4,11,17-18H,5-8H2,(H,16,19);1H. The molecule has 0 saturated carbocycles. The molecule has 1 fully saturated rings. The first-order valence-corrected chi connectivity index (χ1v) is 6.08. The van der Waals surface area contributed by atoms with E-state index in [0.717, 1.165) is 11.1 Å². The normalized spacial score (nSPS) is 20.2. The van der Waals surface area contributed by atoms with Gasteiger partial charge in [0.05, 0.1) is 19.2 Å². The average molecular weight is 307 g/mol. The maximum atomic E-state index is 12.9. The average Bonchev–Trinajstić information content (AvgIpc) is 2.76. The van der Waals surface area contributed by atoms with Crippen LogP contribution in [0.2, 0.25) is 0 Å². The molecule has 1 amide bonds. The molecule has 0 aliphatic carbocycles. The molecule has 3 N–H and O–H groups in total. The Morgan fingerprint density at radius 2 is 2.15 bits per heavy atom. The zero-order valence-corrected chi connectivity index (χ0v) is 11.6. The molecule has 4 nitrogen and oxygen atoms in total. The summed E-state index contributed by atoms with van der Waals surface area (Å²) in [5.41, 5.74) is 1.57. The van der Waals surface area contributed by atoms with Gasteiger partial charge in [-0.15, -0.1) is 12.4 Å². The number of benzene rings is 1. The molecule has 2 rings (SSSR count). The van der Waals surface area contributed by atoms with E-state index in [0.29, 0.717) is 0 Å². The van der Waals surface area contributed by atoms with Crippen molar-refractivity contribution in [2.45, 2.75) is 31.5 Å². The molecule has 7 heteroatoms. The van der Waals surface area contributed by atoms with Crippen LogP contribution < -0.4 is 10.6 Å². The summed E-state index contributed by atoms with van der Waals surface area (Å²) >= 11 is 0. The minimum Gasteiger partial charge on any atom is -0.392 e. The lowest BCUT2D eigenvalue weighted by Crippen LogP contribution is -2.40. The van der Waals surface area contributed by atoms with Crippen LogP contribution in [0.25, 0.3) is 0 Å². The van der Waals surface area contributed by atoms with Crippen LogP contribution in [0.4, 0.5) is 8.78 Å². The smallest absolute Gasteiger partial charge is 0.262 e. The number of alkyl halides is 2. The van der Waals surface area contributed by atoms with Crippen LogP contribution in [0, 0.1) is 0 Å². The Morgan fingerprint density at radius 3 is 2.75 bits per heavy atom. The van der Waals surface area contributed by atoms with E-state index in [1.807, 2.05) is 0 Å². The predicted octanol–water partition coefficient (Wildman–Crippen LogP) is 1.21. The monoisotopic (exact) mass is 306 g/mol. The molecule has 1 aliphatic heterocycles. The van der Waals surface area contributed by atoms with Gasteiger partial charge in [0.15, 0.2) is 0 Å². The van der Waals surface area contributed by atoms with Gasteiger partial charge >= 0.3 is 0 Å². The summed E-state index contributed by atoms with van der Waals surface area (Å²) in [7, 11) is 0. The fraction of sp³-hybridized carbons (Fsp3) is 0.462. The molecule has 1 unspecified atom stereocenters. The Labute approximate surface area is 122 Å². The fourth-order valence-corrected chi connectivity index (χ4v) is 2.05. The van der Waals surface area contributed by atoms with E-state index in [1.165, 1.54) is 0 Å². The molecule has 1 aromatic rings. The van der Waals surface area contributed by atoms with E-state index in [1.54, 1.807) is 24.3 Å². The third-order valence-electron chi connectivity index (χ3n) is 3.07. The largest absolute Gasteiger partial charge is 0.392 e. The number of carbonyl (C=O) groups is 1. The maximum absolute atomic E-state index is 12.9. The minimum absolute atomic E-state index is 0. The van der Waals surface area contributed by atoms with Crippen molar-refractivity contribution in [3.05, 3.63) is 35.4 Å². The molecule has 0 radical (unpaired) electrons. The highest BCUT2D eigenvalue weighted by atomic mass is 35.5. The Hall–Kier alpha value is -1.24. The molecule has 0 spiro atoms. The van der Waals surface area contributed by atoms with Gasteiger partial charge in [0.2, 0.25) is 5.91 Å². The van der Waals surface area contributed by atoms with Crippen LogP contribution in [-0.4, -0.2) is 29.5 Å². The van der Waals surface area contributed by atoms with Gasteiger partial charge in [0, 0.05) is 13.0 Å². The van der Waals surface area contributed by atoms with E-state index in [4.69, 9.17) is 5.11 Å². The van der Waals surface area contributed by atoms with E-state index in [9.17, 15) is 13.6 Å². The quantitative estimate of drug-likeness (QED) is 0.784. The zero-order chi connectivity index (χ0) is 13.9. The van der Waals surface area contributed by atoms with E-state index in [2.05, 4.69) is 10.6 Å². The van der Waals surface area contributed by atoms with Crippen LogP contribution in [-0.2, 0) is 17.9 Å². The van der Waals surface area contributed by atoms with Crippen LogP contribution in [0.1, 0.15) is 17.5 Å². The van der Waals surface area contributed by atoms with Gasteiger partial charge in [-0.1, -0.05) is 24.3 Å². The molecular formula is C13H17ClF2N2O2. The second-order valence-corrected chi connectivity index (χ2v) is 4.69. The second-order valence-electron chi connectivity index (χ2n) is 4.69. The molecule has 0 aromatic heterocycles. The molecule has 1 heterocycles. The molecular weight excluding hydrogens is 290 g/mol. The van der Waals surface area contributed by atoms with Crippen molar-refractivity contribution in [3.8, 4) is 0 Å². The predicted molar refractivity (Wildman–Crippen MR) is 72.8 cm³/mol. The SMILES string of the molecule is Cl.O=C(NCc1cccc(CO)c1)C1CC(F)(F)CN1. The summed E-state index contributed by atoms with van der Waals surface area (Å²) in [6.45, 7) is -0.264. The van der Waals surface area contributed by atoms with E-state index >= 15 is 0 Å².